The second kappa shape index (κ2) is 4.55. The molecule has 0 aliphatic heterocycles. The van der Waals surface area contributed by atoms with Gasteiger partial charge < -0.3 is 4.74 Å². The molecular formula is C9H9F2NO2. The molecule has 14 heavy (non-hydrogen) atoms. The van der Waals surface area contributed by atoms with Crippen LogP contribution in [0.4, 0.5) is 14.6 Å². The lowest BCUT2D eigenvalue weighted by molar-refractivity contribution is -0.134. The van der Waals surface area contributed by atoms with Gasteiger partial charge >= 0.3 is 5.97 Å². The summed E-state index contributed by atoms with van der Waals surface area (Å²) in [6, 6.07) is 4.96. The van der Waals surface area contributed by atoms with Gasteiger partial charge in [0.15, 0.2) is 0 Å². The third-order valence-corrected chi connectivity index (χ3v) is 1.55. The molecule has 0 spiro atoms. The van der Waals surface area contributed by atoms with Gasteiger partial charge in [-0.3, -0.25) is 4.79 Å². The summed E-state index contributed by atoms with van der Waals surface area (Å²) in [7, 11) is 0. The van der Waals surface area contributed by atoms with E-state index in [1.54, 1.807) is 6.92 Å². The Morgan fingerprint density at radius 2 is 1.93 bits per heavy atom. The molecule has 5 heteroatoms. The molecule has 3 nitrogen and oxygen atoms in total. The third kappa shape index (κ3) is 2.69. The van der Waals surface area contributed by atoms with Gasteiger partial charge in [0.05, 0.1) is 0 Å². The smallest absolute Gasteiger partial charge is 0.310 e. The van der Waals surface area contributed by atoms with E-state index in [9.17, 15) is 13.8 Å². The van der Waals surface area contributed by atoms with Crippen LogP contribution < -0.4 is 10.1 Å². The molecule has 0 saturated heterocycles. The van der Waals surface area contributed by atoms with Crippen molar-refractivity contribution in [2.24, 2.45) is 0 Å². The predicted molar refractivity (Wildman–Crippen MR) is 47.1 cm³/mol. The largest absolute Gasteiger partial charge is 0.427 e. The molecule has 0 amide bonds. The quantitative estimate of drug-likeness (QED) is 0.427. The summed E-state index contributed by atoms with van der Waals surface area (Å²) in [5.41, 5.74) is -0.249. The standard InChI is InChI=1S/C9H9F2NO2/c1-2-9(13)14-8-5-3-7(4-6-8)12(10)11/h3-6H,2H2,1H3. The summed E-state index contributed by atoms with van der Waals surface area (Å²) in [6.45, 7) is 1.65. The number of ether oxygens (including phenoxy) is 1. The summed E-state index contributed by atoms with van der Waals surface area (Å²) in [4.78, 5) is 10.8. The molecule has 0 radical (unpaired) electrons. The molecule has 0 unspecified atom stereocenters. The number of hydrogen-bond donors (Lipinski definition) is 0. The van der Waals surface area contributed by atoms with Crippen molar-refractivity contribution in [1.82, 2.24) is 0 Å². The minimum Gasteiger partial charge on any atom is -0.427 e. The average Bonchev–Trinajstić information content (AvgIpc) is 2.18. The van der Waals surface area contributed by atoms with Gasteiger partial charge in [-0.15, -0.1) is 0 Å². The van der Waals surface area contributed by atoms with Crippen LogP contribution in [0.1, 0.15) is 13.3 Å². The molecule has 0 fully saturated rings. The van der Waals surface area contributed by atoms with Gasteiger partial charge in [0.1, 0.15) is 11.4 Å². The van der Waals surface area contributed by atoms with Crippen LogP contribution in [-0.2, 0) is 4.79 Å². The highest BCUT2D eigenvalue weighted by molar-refractivity contribution is 5.72. The van der Waals surface area contributed by atoms with E-state index < -0.39 is 11.3 Å². The van der Waals surface area contributed by atoms with Gasteiger partial charge in [0.2, 0.25) is 0 Å². The highest BCUT2D eigenvalue weighted by Gasteiger charge is 2.04. The molecule has 0 aromatic heterocycles. The fraction of sp³-hybridized carbons (Fsp3) is 0.222. The number of rotatable bonds is 3. The van der Waals surface area contributed by atoms with Crippen molar-refractivity contribution in [2.45, 2.75) is 13.3 Å². The Morgan fingerprint density at radius 3 is 2.36 bits per heavy atom. The Hall–Kier alpha value is -1.65. The van der Waals surface area contributed by atoms with Gasteiger partial charge in [-0.2, -0.15) is 0 Å². The van der Waals surface area contributed by atoms with E-state index in [2.05, 4.69) is 0 Å². The fourth-order valence-electron chi connectivity index (χ4n) is 0.830. The van der Waals surface area contributed by atoms with Crippen LogP contribution in [0.15, 0.2) is 24.3 Å². The number of benzene rings is 1. The van der Waals surface area contributed by atoms with Crippen molar-refractivity contribution in [3.05, 3.63) is 24.3 Å². The fourth-order valence-corrected chi connectivity index (χ4v) is 0.830. The number of anilines is 1. The molecule has 1 rings (SSSR count). The maximum atomic E-state index is 12.0. The number of carbonyl (C=O) groups is 1. The maximum absolute atomic E-state index is 12.0. The topological polar surface area (TPSA) is 29.5 Å². The summed E-state index contributed by atoms with van der Waals surface area (Å²) in [5, 5.41) is -1.01. The molecule has 0 aliphatic carbocycles. The Morgan fingerprint density at radius 1 is 1.36 bits per heavy atom. The van der Waals surface area contributed by atoms with Crippen molar-refractivity contribution in [1.29, 1.82) is 0 Å². The zero-order valence-corrected chi connectivity index (χ0v) is 7.54. The van der Waals surface area contributed by atoms with E-state index in [1.165, 1.54) is 12.1 Å². The van der Waals surface area contributed by atoms with Gasteiger partial charge in [-0.25, -0.2) is 0 Å². The lowest BCUT2D eigenvalue weighted by atomic mass is 10.3. The van der Waals surface area contributed by atoms with Crippen molar-refractivity contribution in [3.8, 4) is 5.75 Å². The molecule has 0 atom stereocenters. The summed E-state index contributed by atoms with van der Waals surface area (Å²) in [6.07, 6.45) is 0.250. The van der Waals surface area contributed by atoms with Crippen LogP contribution in [0, 0.1) is 0 Å². The second-order valence-corrected chi connectivity index (χ2v) is 2.55. The van der Waals surface area contributed by atoms with Crippen LogP contribution >= 0.6 is 0 Å². The van der Waals surface area contributed by atoms with Crippen LogP contribution in [-0.4, -0.2) is 5.97 Å². The number of esters is 1. The molecule has 1 aromatic rings. The summed E-state index contributed by atoms with van der Waals surface area (Å²) < 4.78 is 28.7. The first-order chi connectivity index (χ1) is 6.63. The van der Waals surface area contributed by atoms with Crippen LogP contribution in [0.25, 0.3) is 0 Å². The van der Waals surface area contributed by atoms with E-state index >= 15 is 0 Å². The van der Waals surface area contributed by atoms with Gasteiger partial charge in [-0.1, -0.05) is 15.9 Å². The summed E-state index contributed by atoms with van der Waals surface area (Å²) in [5.74, 6) is -0.127. The molecule has 0 saturated carbocycles. The Kier molecular flexibility index (Phi) is 3.39. The average molecular weight is 201 g/mol. The van der Waals surface area contributed by atoms with Crippen LogP contribution in [0.2, 0.25) is 0 Å². The maximum Gasteiger partial charge on any atom is 0.310 e. The van der Waals surface area contributed by atoms with Crippen molar-refractivity contribution < 1.29 is 18.5 Å². The van der Waals surface area contributed by atoms with E-state index in [-0.39, 0.29) is 17.9 Å². The lowest BCUT2D eigenvalue weighted by Crippen LogP contribution is -2.05. The number of nitrogens with zero attached hydrogens (tertiary/aromatic N) is 1. The molecule has 0 heterocycles. The van der Waals surface area contributed by atoms with Gasteiger partial charge in [0.25, 0.3) is 0 Å². The molecular weight excluding hydrogens is 192 g/mol. The van der Waals surface area contributed by atoms with Crippen molar-refractivity contribution >= 4 is 11.7 Å². The molecule has 76 valence electrons. The van der Waals surface area contributed by atoms with E-state index in [0.29, 0.717) is 0 Å². The monoisotopic (exact) mass is 201 g/mol. The summed E-state index contributed by atoms with van der Waals surface area (Å²) >= 11 is 0. The molecule has 0 bridgehead atoms. The molecule has 0 N–H and O–H groups in total. The van der Waals surface area contributed by atoms with Crippen molar-refractivity contribution in [2.75, 3.05) is 5.34 Å². The van der Waals surface area contributed by atoms with E-state index in [1.807, 2.05) is 0 Å². The number of carbonyl (C=O) groups excluding carboxylic acids is 1. The SMILES string of the molecule is CCC(=O)Oc1ccc(N(F)F)cc1. The number of halogens is 2. The third-order valence-electron chi connectivity index (χ3n) is 1.55. The van der Waals surface area contributed by atoms with Crippen LogP contribution in [0.3, 0.4) is 0 Å². The first-order valence-corrected chi connectivity index (χ1v) is 4.06. The van der Waals surface area contributed by atoms with Crippen LogP contribution in [0.5, 0.6) is 5.75 Å². The minimum absolute atomic E-state index is 0.249. The Labute approximate surface area is 79.8 Å². The normalized spacial score (nSPS) is 9.64. The predicted octanol–water partition coefficient (Wildman–Crippen LogP) is 2.58. The highest BCUT2D eigenvalue weighted by atomic mass is 19.4. The minimum atomic E-state index is -1.01. The highest BCUT2D eigenvalue weighted by Crippen LogP contribution is 2.20. The van der Waals surface area contributed by atoms with E-state index in [0.717, 1.165) is 12.1 Å². The van der Waals surface area contributed by atoms with E-state index in [4.69, 9.17) is 4.74 Å². The molecule has 0 aliphatic rings. The zero-order valence-electron chi connectivity index (χ0n) is 7.54. The number of hydrogen-bond acceptors (Lipinski definition) is 3. The Balaban J connectivity index is 2.69. The second-order valence-electron chi connectivity index (χ2n) is 2.55. The Bertz CT molecular complexity index is 311. The first-order valence-electron chi connectivity index (χ1n) is 4.06. The lowest BCUT2D eigenvalue weighted by Gasteiger charge is -2.04. The zero-order chi connectivity index (χ0) is 10.6. The van der Waals surface area contributed by atoms with Crippen molar-refractivity contribution in [3.63, 3.8) is 0 Å². The van der Waals surface area contributed by atoms with Gasteiger partial charge in [-0.05, 0) is 29.6 Å². The first kappa shape index (κ1) is 10.4. The van der Waals surface area contributed by atoms with Gasteiger partial charge in [0, 0.05) is 6.42 Å². The molecule has 1 aromatic carbocycles.